The molecule has 0 spiro atoms. The summed E-state index contributed by atoms with van der Waals surface area (Å²) in [7, 11) is 0. The minimum absolute atomic E-state index is 0.164. The molecule has 1 aromatic rings. The maximum Gasteiger partial charge on any atom is 0.244 e. The number of hydrogen-bond acceptors (Lipinski definition) is 2. The van der Waals surface area contributed by atoms with Crippen LogP contribution in [0.5, 0.6) is 0 Å². The van der Waals surface area contributed by atoms with Crippen LogP contribution in [0.25, 0.3) is 6.08 Å². The fraction of sp³-hybridized carbons (Fsp3) is 0.400. The van der Waals surface area contributed by atoms with Gasteiger partial charge in [0.15, 0.2) is 0 Å². The Kier molecular flexibility index (Phi) is 5.00. The van der Waals surface area contributed by atoms with Crippen molar-refractivity contribution >= 4 is 23.6 Å². The van der Waals surface area contributed by atoms with Crippen molar-refractivity contribution in [3.8, 4) is 0 Å². The van der Waals surface area contributed by atoms with Gasteiger partial charge in [-0.05, 0) is 42.9 Å². The van der Waals surface area contributed by atoms with E-state index >= 15 is 0 Å². The van der Waals surface area contributed by atoms with Gasteiger partial charge in [-0.25, -0.2) is 0 Å². The smallest absolute Gasteiger partial charge is 0.244 e. The van der Waals surface area contributed by atoms with Gasteiger partial charge in [-0.2, -0.15) is 0 Å². The monoisotopic (exact) mass is 279 g/mol. The van der Waals surface area contributed by atoms with Gasteiger partial charge in [0.2, 0.25) is 5.91 Å². The number of carbonyl (C=O) groups is 1. The van der Waals surface area contributed by atoms with Crippen LogP contribution in [-0.2, 0) is 4.79 Å². The molecule has 1 amide bonds. The van der Waals surface area contributed by atoms with E-state index in [0.717, 1.165) is 18.4 Å². The summed E-state index contributed by atoms with van der Waals surface area (Å²) in [6.45, 7) is 0.503. The van der Waals surface area contributed by atoms with Crippen molar-refractivity contribution in [2.24, 2.45) is 5.92 Å². The van der Waals surface area contributed by atoms with Crippen molar-refractivity contribution in [2.75, 3.05) is 6.54 Å². The van der Waals surface area contributed by atoms with Gasteiger partial charge >= 0.3 is 0 Å². The fourth-order valence-corrected chi connectivity index (χ4v) is 2.09. The first-order valence-corrected chi connectivity index (χ1v) is 6.93. The molecule has 0 bridgehead atoms. The lowest BCUT2D eigenvalue weighted by Crippen LogP contribution is -2.26. The third-order valence-electron chi connectivity index (χ3n) is 3.22. The van der Waals surface area contributed by atoms with Crippen molar-refractivity contribution in [3.63, 3.8) is 0 Å². The number of carbonyl (C=O) groups excluding carboxylic acids is 1. The highest BCUT2D eigenvalue weighted by Crippen LogP contribution is 2.33. The summed E-state index contributed by atoms with van der Waals surface area (Å²) in [5.74, 6) is 0.290. The number of rotatable bonds is 6. The number of aliphatic hydroxyl groups excluding tert-OH is 1. The molecule has 0 radical (unpaired) electrons. The molecular formula is C15H18ClNO2. The Balaban J connectivity index is 1.73. The second-order valence-corrected chi connectivity index (χ2v) is 5.25. The number of halogens is 1. The number of nitrogens with one attached hydrogen (secondary N) is 1. The van der Waals surface area contributed by atoms with Crippen LogP contribution in [0.1, 0.15) is 24.8 Å². The topological polar surface area (TPSA) is 49.3 Å². The first kappa shape index (κ1) is 14.1. The Bertz CT molecular complexity index is 469. The molecule has 0 aromatic heterocycles. The molecule has 2 N–H and O–H groups in total. The molecule has 1 aromatic carbocycles. The van der Waals surface area contributed by atoms with Crippen molar-refractivity contribution < 1.29 is 9.90 Å². The first-order chi connectivity index (χ1) is 9.16. The highest BCUT2D eigenvalue weighted by atomic mass is 35.5. The van der Waals surface area contributed by atoms with Gasteiger partial charge in [-0.3, -0.25) is 4.79 Å². The van der Waals surface area contributed by atoms with E-state index in [-0.39, 0.29) is 12.0 Å². The minimum atomic E-state index is -0.271. The van der Waals surface area contributed by atoms with Gasteiger partial charge in [-0.1, -0.05) is 29.8 Å². The second-order valence-electron chi connectivity index (χ2n) is 4.84. The zero-order valence-corrected chi connectivity index (χ0v) is 11.4. The third-order valence-corrected chi connectivity index (χ3v) is 3.57. The van der Waals surface area contributed by atoms with Crippen LogP contribution in [0, 0.1) is 5.92 Å². The van der Waals surface area contributed by atoms with E-state index in [0.29, 0.717) is 23.9 Å². The predicted octanol–water partition coefficient (Wildman–Crippen LogP) is 2.63. The molecule has 1 atom stereocenters. The van der Waals surface area contributed by atoms with Gasteiger partial charge < -0.3 is 10.4 Å². The molecule has 19 heavy (non-hydrogen) atoms. The maximum atomic E-state index is 11.6. The van der Waals surface area contributed by atoms with Gasteiger partial charge in [0, 0.05) is 17.6 Å². The van der Waals surface area contributed by atoms with Crippen molar-refractivity contribution in [1.82, 2.24) is 5.32 Å². The lowest BCUT2D eigenvalue weighted by molar-refractivity contribution is -0.116. The highest BCUT2D eigenvalue weighted by Gasteiger charge is 2.28. The van der Waals surface area contributed by atoms with E-state index < -0.39 is 0 Å². The first-order valence-electron chi connectivity index (χ1n) is 6.55. The molecule has 0 heterocycles. The summed E-state index contributed by atoms with van der Waals surface area (Å²) >= 11 is 5.98. The minimum Gasteiger partial charge on any atom is -0.393 e. The van der Waals surface area contributed by atoms with Crippen LogP contribution < -0.4 is 5.32 Å². The molecule has 0 saturated heterocycles. The van der Waals surface area contributed by atoms with Gasteiger partial charge in [-0.15, -0.1) is 0 Å². The van der Waals surface area contributed by atoms with Gasteiger partial charge in [0.25, 0.3) is 0 Å². The molecule has 4 heteroatoms. The quantitative estimate of drug-likeness (QED) is 0.787. The zero-order valence-electron chi connectivity index (χ0n) is 10.7. The van der Waals surface area contributed by atoms with Crippen LogP contribution in [0.3, 0.4) is 0 Å². The highest BCUT2D eigenvalue weighted by molar-refractivity contribution is 6.32. The molecule has 102 valence electrons. The standard InChI is InChI=1S/C15H18ClNO2/c16-13-4-2-1-3-11(13)7-8-15(19)17-10-9-14(18)12-5-6-12/h1-4,7-8,12,14,18H,5-6,9-10H2,(H,17,19). The van der Waals surface area contributed by atoms with Crippen LogP contribution in [0.2, 0.25) is 5.02 Å². The maximum absolute atomic E-state index is 11.6. The Labute approximate surface area is 118 Å². The Morgan fingerprint density at radius 3 is 2.89 bits per heavy atom. The average molecular weight is 280 g/mol. The number of benzene rings is 1. The van der Waals surface area contributed by atoms with E-state index in [1.54, 1.807) is 12.1 Å². The van der Waals surface area contributed by atoms with Gasteiger partial charge in [0.05, 0.1) is 6.10 Å². The van der Waals surface area contributed by atoms with Crippen LogP contribution in [0.4, 0.5) is 0 Å². The lowest BCUT2D eigenvalue weighted by Gasteiger charge is -2.08. The molecule has 2 rings (SSSR count). The largest absolute Gasteiger partial charge is 0.393 e. The normalized spacial score (nSPS) is 16.5. The average Bonchev–Trinajstić information content (AvgIpc) is 3.22. The van der Waals surface area contributed by atoms with E-state index in [2.05, 4.69) is 5.32 Å². The van der Waals surface area contributed by atoms with E-state index in [1.165, 1.54) is 6.08 Å². The summed E-state index contributed by atoms with van der Waals surface area (Å²) in [5, 5.41) is 13.0. The summed E-state index contributed by atoms with van der Waals surface area (Å²) < 4.78 is 0. The second kappa shape index (κ2) is 6.73. The molecule has 1 fully saturated rings. The molecule has 1 aliphatic rings. The molecule has 3 nitrogen and oxygen atoms in total. The summed E-state index contributed by atoms with van der Waals surface area (Å²) in [5.41, 5.74) is 0.817. The Morgan fingerprint density at radius 1 is 1.47 bits per heavy atom. The zero-order chi connectivity index (χ0) is 13.7. The Hall–Kier alpha value is -1.32. The molecule has 0 aliphatic heterocycles. The number of amides is 1. The summed E-state index contributed by atoms with van der Waals surface area (Å²) in [6, 6.07) is 7.35. The van der Waals surface area contributed by atoms with Crippen LogP contribution >= 0.6 is 11.6 Å². The van der Waals surface area contributed by atoms with Crippen molar-refractivity contribution in [3.05, 3.63) is 40.9 Å². The van der Waals surface area contributed by atoms with E-state index in [4.69, 9.17) is 11.6 Å². The molecule has 1 aliphatic carbocycles. The predicted molar refractivity (Wildman–Crippen MR) is 76.8 cm³/mol. The summed E-state index contributed by atoms with van der Waals surface area (Å²) in [6.07, 6.45) is 5.73. The molecule has 1 unspecified atom stereocenters. The SMILES string of the molecule is O=C(C=Cc1ccccc1Cl)NCCC(O)C1CC1. The van der Waals surface area contributed by atoms with Crippen molar-refractivity contribution in [1.29, 1.82) is 0 Å². The van der Waals surface area contributed by atoms with Gasteiger partial charge in [0.1, 0.15) is 0 Å². The van der Waals surface area contributed by atoms with Crippen LogP contribution in [-0.4, -0.2) is 23.7 Å². The van der Waals surface area contributed by atoms with Crippen LogP contribution in [0.15, 0.2) is 30.3 Å². The number of hydrogen-bond donors (Lipinski definition) is 2. The third kappa shape index (κ3) is 4.69. The lowest BCUT2D eigenvalue weighted by atomic mass is 10.1. The molecule has 1 saturated carbocycles. The molecular weight excluding hydrogens is 262 g/mol. The summed E-state index contributed by atoms with van der Waals surface area (Å²) in [4.78, 5) is 11.6. The van der Waals surface area contributed by atoms with Crippen molar-refractivity contribution in [2.45, 2.75) is 25.4 Å². The number of aliphatic hydroxyl groups is 1. The fourth-order valence-electron chi connectivity index (χ4n) is 1.89. The van der Waals surface area contributed by atoms with E-state index in [9.17, 15) is 9.90 Å². The Morgan fingerprint density at radius 2 is 2.21 bits per heavy atom. The van der Waals surface area contributed by atoms with E-state index in [1.807, 2.05) is 18.2 Å².